The van der Waals surface area contributed by atoms with E-state index in [1.165, 1.54) is 24.6 Å². The van der Waals surface area contributed by atoms with Crippen LogP contribution in [0, 0.1) is 0 Å². The van der Waals surface area contributed by atoms with Gasteiger partial charge in [-0.2, -0.15) is 0 Å². The topological polar surface area (TPSA) is 85.5 Å². The largest absolute Gasteiger partial charge is 0.454 e. The van der Waals surface area contributed by atoms with Gasteiger partial charge < -0.3 is 20.8 Å². The molecule has 1 saturated heterocycles. The number of rotatable bonds is 2. The van der Waals surface area contributed by atoms with Crippen molar-refractivity contribution in [2.45, 2.75) is 12.8 Å². The van der Waals surface area contributed by atoms with Crippen LogP contribution in [0.3, 0.4) is 0 Å². The van der Waals surface area contributed by atoms with Crippen molar-refractivity contribution in [3.05, 3.63) is 52.7 Å². The lowest BCUT2D eigenvalue weighted by atomic mass is 10.1. The van der Waals surface area contributed by atoms with Crippen LogP contribution in [0.15, 0.2) is 51.7 Å². The first-order chi connectivity index (χ1) is 11.6. The number of nitrogens with two attached hydrogens (primary N) is 2. The molecule has 5 heteroatoms. The highest BCUT2D eigenvalue weighted by Gasteiger charge is 2.14. The van der Waals surface area contributed by atoms with E-state index >= 15 is 0 Å². The molecule has 1 aliphatic rings. The molecule has 1 fully saturated rings. The molecule has 5 nitrogen and oxygen atoms in total. The second-order valence-corrected chi connectivity index (χ2v) is 6.16. The molecule has 4 N–H and O–H groups in total. The van der Waals surface area contributed by atoms with Gasteiger partial charge in [-0.3, -0.25) is 4.79 Å². The van der Waals surface area contributed by atoms with Crippen molar-refractivity contribution in [2.24, 2.45) is 0 Å². The van der Waals surface area contributed by atoms with E-state index in [1.54, 1.807) is 12.1 Å². The Bertz CT molecular complexity index is 955. The van der Waals surface area contributed by atoms with Crippen LogP contribution >= 0.6 is 0 Å². The van der Waals surface area contributed by atoms with Crippen molar-refractivity contribution < 1.29 is 4.42 Å². The van der Waals surface area contributed by atoms with E-state index in [0.717, 1.165) is 18.7 Å². The van der Waals surface area contributed by atoms with Crippen LogP contribution in [0.25, 0.3) is 22.3 Å². The molecule has 0 saturated carbocycles. The summed E-state index contributed by atoms with van der Waals surface area (Å²) >= 11 is 0. The summed E-state index contributed by atoms with van der Waals surface area (Å²) < 4.78 is 5.89. The van der Waals surface area contributed by atoms with Gasteiger partial charge in [0.05, 0.1) is 16.8 Å². The van der Waals surface area contributed by atoms with Gasteiger partial charge in [0.1, 0.15) is 5.76 Å². The molecular formula is C19H19N3O2. The zero-order valence-corrected chi connectivity index (χ0v) is 13.3. The SMILES string of the molecule is Nc1ccc2c(=O)cc(-c3ccc(N4CCCC4)cc3)oc2c1N. The standard InChI is InChI=1S/C19H19N3O2/c20-15-8-7-14-16(23)11-17(24-19(14)18(15)21)12-3-5-13(6-4-12)22-9-1-2-10-22/h3-8,11H,1-2,9-10,20-21H2. The molecule has 0 bridgehead atoms. The van der Waals surface area contributed by atoms with E-state index in [1.807, 2.05) is 12.1 Å². The van der Waals surface area contributed by atoms with Gasteiger partial charge in [-0.1, -0.05) is 0 Å². The molecule has 0 atom stereocenters. The fourth-order valence-corrected chi connectivity index (χ4v) is 3.21. The fraction of sp³-hybridized carbons (Fsp3) is 0.211. The van der Waals surface area contributed by atoms with Crippen LogP contribution < -0.4 is 21.8 Å². The van der Waals surface area contributed by atoms with E-state index < -0.39 is 0 Å². The summed E-state index contributed by atoms with van der Waals surface area (Å²) in [6, 6.07) is 12.8. The summed E-state index contributed by atoms with van der Waals surface area (Å²) in [5.74, 6) is 0.498. The fourth-order valence-electron chi connectivity index (χ4n) is 3.21. The number of hydrogen-bond acceptors (Lipinski definition) is 5. The lowest BCUT2D eigenvalue weighted by molar-refractivity contribution is 0.620. The minimum Gasteiger partial charge on any atom is -0.454 e. The summed E-state index contributed by atoms with van der Waals surface area (Å²) in [6.45, 7) is 2.19. The summed E-state index contributed by atoms with van der Waals surface area (Å²) in [4.78, 5) is 14.7. The van der Waals surface area contributed by atoms with E-state index in [9.17, 15) is 4.79 Å². The van der Waals surface area contributed by atoms with Crippen LogP contribution in [-0.2, 0) is 0 Å². The van der Waals surface area contributed by atoms with Crippen LogP contribution in [0.4, 0.5) is 17.1 Å². The Kier molecular flexibility index (Phi) is 3.41. The maximum absolute atomic E-state index is 12.3. The highest BCUT2D eigenvalue weighted by atomic mass is 16.3. The first kappa shape index (κ1) is 14.6. The Morgan fingerprint density at radius 3 is 2.38 bits per heavy atom. The number of fused-ring (bicyclic) bond motifs is 1. The number of nitrogens with zero attached hydrogens (tertiary/aromatic N) is 1. The summed E-state index contributed by atoms with van der Waals surface area (Å²) in [6.07, 6.45) is 2.48. The molecule has 24 heavy (non-hydrogen) atoms. The Hall–Kier alpha value is -2.95. The van der Waals surface area contributed by atoms with Gasteiger partial charge in [0.2, 0.25) is 0 Å². The van der Waals surface area contributed by atoms with Crippen molar-refractivity contribution in [1.29, 1.82) is 0 Å². The monoisotopic (exact) mass is 321 g/mol. The lowest BCUT2D eigenvalue weighted by Crippen LogP contribution is -2.17. The third kappa shape index (κ3) is 2.38. The lowest BCUT2D eigenvalue weighted by Gasteiger charge is -2.17. The van der Waals surface area contributed by atoms with Crippen molar-refractivity contribution >= 4 is 28.0 Å². The molecule has 2 heterocycles. The summed E-state index contributed by atoms with van der Waals surface area (Å²) in [7, 11) is 0. The predicted octanol–water partition coefficient (Wildman–Crippen LogP) is 3.22. The molecule has 4 rings (SSSR count). The smallest absolute Gasteiger partial charge is 0.193 e. The second-order valence-electron chi connectivity index (χ2n) is 6.16. The van der Waals surface area contributed by atoms with Crippen molar-refractivity contribution in [1.82, 2.24) is 0 Å². The van der Waals surface area contributed by atoms with Crippen LogP contribution in [0.5, 0.6) is 0 Å². The van der Waals surface area contributed by atoms with Gasteiger partial charge in [-0.15, -0.1) is 0 Å². The Morgan fingerprint density at radius 2 is 1.67 bits per heavy atom. The molecule has 0 spiro atoms. The third-order valence-corrected chi connectivity index (χ3v) is 4.59. The minimum absolute atomic E-state index is 0.124. The van der Waals surface area contributed by atoms with E-state index in [4.69, 9.17) is 15.9 Å². The number of benzene rings is 2. The molecule has 0 amide bonds. The first-order valence-corrected chi connectivity index (χ1v) is 8.11. The third-order valence-electron chi connectivity index (χ3n) is 4.59. The summed E-state index contributed by atoms with van der Waals surface area (Å²) in [5, 5.41) is 0.444. The minimum atomic E-state index is -0.124. The first-order valence-electron chi connectivity index (χ1n) is 8.11. The average molecular weight is 321 g/mol. The van der Waals surface area contributed by atoms with Gasteiger partial charge >= 0.3 is 0 Å². The van der Waals surface area contributed by atoms with Crippen LogP contribution in [-0.4, -0.2) is 13.1 Å². The second kappa shape index (κ2) is 5.60. The predicted molar refractivity (Wildman–Crippen MR) is 98.2 cm³/mol. The van der Waals surface area contributed by atoms with Gasteiger partial charge in [-0.05, 0) is 49.2 Å². The molecule has 122 valence electrons. The normalized spacial score (nSPS) is 14.4. The maximum atomic E-state index is 12.3. The number of hydrogen-bond donors (Lipinski definition) is 2. The molecule has 1 aromatic heterocycles. The molecule has 2 aromatic carbocycles. The van der Waals surface area contributed by atoms with Gasteiger partial charge in [0, 0.05) is 30.4 Å². The quantitative estimate of drug-likeness (QED) is 0.708. The highest BCUT2D eigenvalue weighted by Crippen LogP contribution is 2.30. The number of nitrogen functional groups attached to an aromatic ring is 2. The summed E-state index contributed by atoms with van der Waals surface area (Å²) in [5.41, 5.74) is 14.8. The Morgan fingerprint density at radius 1 is 0.958 bits per heavy atom. The average Bonchev–Trinajstić information content (AvgIpc) is 3.13. The van der Waals surface area contributed by atoms with Gasteiger partial charge in [-0.25, -0.2) is 0 Å². The Labute approximate surface area is 139 Å². The molecule has 0 radical (unpaired) electrons. The number of anilines is 3. The Balaban J connectivity index is 1.78. The van der Waals surface area contributed by atoms with Gasteiger partial charge in [0.15, 0.2) is 11.0 Å². The van der Waals surface area contributed by atoms with E-state index in [2.05, 4.69) is 17.0 Å². The van der Waals surface area contributed by atoms with E-state index in [0.29, 0.717) is 28.1 Å². The maximum Gasteiger partial charge on any atom is 0.193 e. The zero-order chi connectivity index (χ0) is 16.7. The van der Waals surface area contributed by atoms with Crippen LogP contribution in [0.2, 0.25) is 0 Å². The van der Waals surface area contributed by atoms with Crippen LogP contribution in [0.1, 0.15) is 12.8 Å². The van der Waals surface area contributed by atoms with Gasteiger partial charge in [0.25, 0.3) is 0 Å². The molecule has 0 unspecified atom stereocenters. The van der Waals surface area contributed by atoms with Crippen molar-refractivity contribution in [3.63, 3.8) is 0 Å². The molecule has 1 aliphatic heterocycles. The van der Waals surface area contributed by atoms with Crippen molar-refractivity contribution in [2.75, 3.05) is 29.5 Å². The molecule has 0 aliphatic carbocycles. The molecular weight excluding hydrogens is 302 g/mol. The van der Waals surface area contributed by atoms with E-state index in [-0.39, 0.29) is 5.43 Å². The zero-order valence-electron chi connectivity index (χ0n) is 13.3. The highest BCUT2D eigenvalue weighted by molar-refractivity contribution is 5.94. The molecule has 3 aromatic rings. The van der Waals surface area contributed by atoms with Crippen molar-refractivity contribution in [3.8, 4) is 11.3 Å².